The summed E-state index contributed by atoms with van der Waals surface area (Å²) in [4.78, 5) is 11.5. The first-order chi connectivity index (χ1) is 9.54. The van der Waals surface area contributed by atoms with Crippen LogP contribution < -0.4 is 10.6 Å². The van der Waals surface area contributed by atoms with Gasteiger partial charge in [0.25, 0.3) is 0 Å². The van der Waals surface area contributed by atoms with Gasteiger partial charge in [-0.05, 0) is 24.0 Å². The molecule has 4 nitrogen and oxygen atoms in total. The zero-order chi connectivity index (χ0) is 15.0. The van der Waals surface area contributed by atoms with Crippen LogP contribution in [0.15, 0.2) is 24.3 Å². The molecular formula is C15H23FN2O2. The Hall–Kier alpha value is -1.62. The maximum Gasteiger partial charge on any atom is 0.314 e. The van der Waals surface area contributed by atoms with Gasteiger partial charge in [-0.2, -0.15) is 0 Å². The number of carbonyl (C=O) groups excluding carboxylic acids is 1. The van der Waals surface area contributed by atoms with Crippen LogP contribution in [-0.2, 0) is 6.42 Å². The Morgan fingerprint density at radius 3 is 2.70 bits per heavy atom. The predicted octanol–water partition coefficient (Wildman–Crippen LogP) is 2.07. The lowest BCUT2D eigenvalue weighted by Crippen LogP contribution is -2.42. The second kappa shape index (κ2) is 8.53. The largest absolute Gasteiger partial charge is 0.391 e. The zero-order valence-corrected chi connectivity index (χ0v) is 12.0. The number of amides is 2. The lowest BCUT2D eigenvalue weighted by atomic mass is 10.0. The van der Waals surface area contributed by atoms with Crippen LogP contribution in [0, 0.1) is 11.7 Å². The van der Waals surface area contributed by atoms with Crippen LogP contribution in [0.25, 0.3) is 0 Å². The molecule has 0 saturated carbocycles. The van der Waals surface area contributed by atoms with Gasteiger partial charge >= 0.3 is 6.03 Å². The second-order valence-electron chi connectivity index (χ2n) is 4.93. The summed E-state index contributed by atoms with van der Waals surface area (Å²) in [6.07, 6.45) is 0.753. The summed E-state index contributed by atoms with van der Waals surface area (Å²) in [5.41, 5.74) is 0.576. The van der Waals surface area contributed by atoms with E-state index in [1.165, 1.54) is 6.07 Å². The fourth-order valence-corrected chi connectivity index (χ4v) is 1.74. The van der Waals surface area contributed by atoms with Crippen LogP contribution in [0.2, 0.25) is 0 Å². The molecule has 1 aromatic rings. The van der Waals surface area contributed by atoms with E-state index in [4.69, 9.17) is 0 Å². The Bertz CT molecular complexity index is 426. The highest BCUT2D eigenvalue weighted by atomic mass is 19.1. The summed E-state index contributed by atoms with van der Waals surface area (Å²) in [6, 6.07) is 6.15. The molecule has 0 bridgehead atoms. The van der Waals surface area contributed by atoms with Crippen molar-refractivity contribution < 1.29 is 14.3 Å². The first-order valence-corrected chi connectivity index (χ1v) is 6.97. The van der Waals surface area contributed by atoms with E-state index < -0.39 is 6.10 Å². The van der Waals surface area contributed by atoms with Gasteiger partial charge in [0.1, 0.15) is 5.82 Å². The summed E-state index contributed by atoms with van der Waals surface area (Å²) in [7, 11) is 0. The Morgan fingerprint density at radius 2 is 2.05 bits per heavy atom. The van der Waals surface area contributed by atoms with E-state index >= 15 is 0 Å². The molecule has 20 heavy (non-hydrogen) atoms. The molecule has 112 valence electrons. The smallest absolute Gasteiger partial charge is 0.314 e. The molecule has 2 atom stereocenters. The molecule has 1 rings (SSSR count). The molecule has 0 spiro atoms. The lowest BCUT2D eigenvalue weighted by Gasteiger charge is -2.17. The number of urea groups is 1. The third-order valence-corrected chi connectivity index (χ3v) is 3.41. The molecule has 2 unspecified atom stereocenters. The molecule has 5 heteroatoms. The second-order valence-corrected chi connectivity index (χ2v) is 4.93. The maximum atomic E-state index is 13.3. The minimum atomic E-state index is -0.544. The average molecular weight is 282 g/mol. The van der Waals surface area contributed by atoms with Gasteiger partial charge < -0.3 is 15.7 Å². The number of aliphatic hydroxyl groups is 1. The highest BCUT2D eigenvalue weighted by Gasteiger charge is 2.13. The molecule has 0 saturated heterocycles. The van der Waals surface area contributed by atoms with Crippen molar-refractivity contribution in [2.45, 2.75) is 32.8 Å². The van der Waals surface area contributed by atoms with E-state index in [1.807, 2.05) is 13.8 Å². The Morgan fingerprint density at radius 1 is 1.35 bits per heavy atom. The lowest BCUT2D eigenvalue weighted by molar-refractivity contribution is 0.114. The quantitative estimate of drug-likeness (QED) is 0.717. The Balaban J connectivity index is 2.22. The molecule has 3 N–H and O–H groups in total. The number of carbonyl (C=O) groups is 1. The highest BCUT2D eigenvalue weighted by molar-refractivity contribution is 5.73. The van der Waals surface area contributed by atoms with Crippen LogP contribution in [0.5, 0.6) is 0 Å². The van der Waals surface area contributed by atoms with Gasteiger partial charge in [0.05, 0.1) is 6.10 Å². The van der Waals surface area contributed by atoms with Crippen LogP contribution in [0.3, 0.4) is 0 Å². The molecule has 0 heterocycles. The maximum absolute atomic E-state index is 13.3. The number of hydrogen-bond acceptors (Lipinski definition) is 2. The number of halogens is 1. The van der Waals surface area contributed by atoms with Crippen LogP contribution in [-0.4, -0.2) is 30.3 Å². The van der Waals surface area contributed by atoms with Gasteiger partial charge in [-0.3, -0.25) is 0 Å². The van der Waals surface area contributed by atoms with Gasteiger partial charge in [-0.15, -0.1) is 0 Å². The molecule has 2 amide bonds. The summed E-state index contributed by atoms with van der Waals surface area (Å²) in [5, 5.41) is 15.0. The molecule has 0 fully saturated rings. The van der Waals surface area contributed by atoms with Gasteiger partial charge in [0, 0.05) is 13.1 Å². The van der Waals surface area contributed by atoms with E-state index in [0.29, 0.717) is 18.5 Å². The predicted molar refractivity (Wildman–Crippen MR) is 77.0 cm³/mol. The number of nitrogens with one attached hydrogen (secondary N) is 2. The van der Waals surface area contributed by atoms with E-state index in [9.17, 15) is 14.3 Å². The van der Waals surface area contributed by atoms with E-state index in [0.717, 1.165) is 6.42 Å². The van der Waals surface area contributed by atoms with Crippen LogP contribution >= 0.6 is 0 Å². The summed E-state index contributed by atoms with van der Waals surface area (Å²) in [6.45, 7) is 4.50. The number of rotatable bonds is 7. The highest BCUT2D eigenvalue weighted by Crippen LogP contribution is 2.06. The first kappa shape index (κ1) is 16.4. The first-order valence-electron chi connectivity index (χ1n) is 6.97. The van der Waals surface area contributed by atoms with E-state index in [2.05, 4.69) is 10.6 Å². The average Bonchev–Trinajstić information content (AvgIpc) is 2.45. The van der Waals surface area contributed by atoms with Crippen molar-refractivity contribution in [3.8, 4) is 0 Å². The van der Waals surface area contributed by atoms with E-state index in [1.54, 1.807) is 18.2 Å². The van der Waals surface area contributed by atoms with E-state index in [-0.39, 0.29) is 24.3 Å². The topological polar surface area (TPSA) is 61.4 Å². The third kappa shape index (κ3) is 5.57. The molecule has 0 aliphatic heterocycles. The molecule has 1 aromatic carbocycles. The van der Waals surface area contributed by atoms with Gasteiger partial charge in [0.15, 0.2) is 0 Å². The van der Waals surface area contributed by atoms with Crippen LogP contribution in [0.4, 0.5) is 9.18 Å². The van der Waals surface area contributed by atoms with Crippen molar-refractivity contribution in [1.82, 2.24) is 10.6 Å². The summed E-state index contributed by atoms with van der Waals surface area (Å²) < 4.78 is 13.3. The number of benzene rings is 1. The van der Waals surface area contributed by atoms with Gasteiger partial charge in [0.2, 0.25) is 0 Å². The van der Waals surface area contributed by atoms with Crippen molar-refractivity contribution in [3.63, 3.8) is 0 Å². The van der Waals surface area contributed by atoms with Crippen molar-refractivity contribution in [1.29, 1.82) is 0 Å². The molecule has 0 aromatic heterocycles. The standard InChI is InChI=1S/C15H23FN2O2/c1-3-11(2)14(19)10-18-15(20)17-9-8-12-6-4-5-7-13(12)16/h4-7,11,14,19H,3,8-10H2,1-2H3,(H2,17,18,20). The monoisotopic (exact) mass is 282 g/mol. The van der Waals surface area contributed by atoms with Crippen molar-refractivity contribution in [2.75, 3.05) is 13.1 Å². The molecular weight excluding hydrogens is 259 g/mol. The fraction of sp³-hybridized carbons (Fsp3) is 0.533. The SMILES string of the molecule is CCC(C)C(O)CNC(=O)NCCc1ccccc1F. The minimum absolute atomic E-state index is 0.147. The fourth-order valence-electron chi connectivity index (χ4n) is 1.74. The minimum Gasteiger partial charge on any atom is -0.391 e. The molecule has 0 aliphatic rings. The Labute approximate surface area is 119 Å². The third-order valence-electron chi connectivity index (χ3n) is 3.41. The normalized spacial score (nSPS) is 13.6. The van der Waals surface area contributed by atoms with Gasteiger partial charge in [-0.1, -0.05) is 38.5 Å². The van der Waals surface area contributed by atoms with Gasteiger partial charge in [-0.25, -0.2) is 9.18 Å². The Kier molecular flexibility index (Phi) is 7.01. The van der Waals surface area contributed by atoms with Crippen molar-refractivity contribution in [2.24, 2.45) is 5.92 Å². The van der Waals surface area contributed by atoms with Crippen molar-refractivity contribution >= 4 is 6.03 Å². The number of aliphatic hydroxyl groups excluding tert-OH is 1. The molecule has 0 radical (unpaired) electrons. The summed E-state index contributed by atoms with van der Waals surface area (Å²) in [5.74, 6) is -0.115. The zero-order valence-electron chi connectivity index (χ0n) is 12.0. The van der Waals surface area contributed by atoms with Crippen LogP contribution in [0.1, 0.15) is 25.8 Å². The van der Waals surface area contributed by atoms with Crippen molar-refractivity contribution in [3.05, 3.63) is 35.6 Å². The number of hydrogen-bond donors (Lipinski definition) is 3. The molecule has 0 aliphatic carbocycles. The summed E-state index contributed by atoms with van der Waals surface area (Å²) >= 11 is 0.